The molecule has 4 nitrogen and oxygen atoms in total. The number of carbonyl (C=O) groups excluding carboxylic acids is 1. The van der Waals surface area contributed by atoms with E-state index in [9.17, 15) is 4.79 Å². The molecule has 1 saturated heterocycles. The second kappa shape index (κ2) is 4.33. The van der Waals surface area contributed by atoms with Crippen LogP contribution in [-0.2, 0) is 0 Å². The molecule has 1 fully saturated rings. The number of carbonyl (C=O) groups is 1. The number of rotatable bonds is 2. The minimum absolute atomic E-state index is 0.0276. The van der Waals surface area contributed by atoms with E-state index in [0.29, 0.717) is 16.8 Å². The van der Waals surface area contributed by atoms with Gasteiger partial charge in [0.1, 0.15) is 5.15 Å². The third kappa shape index (κ3) is 2.06. The normalized spacial score (nSPS) is 18.0. The Labute approximate surface area is 93.6 Å². The number of ketones is 1. The monoisotopic (exact) mass is 227 g/mol. The highest BCUT2D eigenvalue weighted by atomic mass is 35.5. The fraction of sp³-hybridized carbons (Fsp3) is 0.600. The van der Waals surface area contributed by atoms with Crippen molar-refractivity contribution in [2.75, 3.05) is 13.1 Å². The molecule has 2 rings (SSSR count). The molecule has 1 aliphatic rings. The molecule has 1 aliphatic heterocycles. The van der Waals surface area contributed by atoms with Gasteiger partial charge in [-0.05, 0) is 32.9 Å². The lowest BCUT2D eigenvalue weighted by Crippen LogP contribution is -2.29. The van der Waals surface area contributed by atoms with Gasteiger partial charge < -0.3 is 5.32 Å². The van der Waals surface area contributed by atoms with Gasteiger partial charge in [-0.15, -0.1) is 0 Å². The van der Waals surface area contributed by atoms with Crippen LogP contribution in [0.4, 0.5) is 0 Å². The minimum atomic E-state index is -0.0276. The number of nitrogens with zero attached hydrogens (tertiary/aromatic N) is 2. The first-order valence-corrected chi connectivity index (χ1v) is 5.52. The topological polar surface area (TPSA) is 46.9 Å². The third-order valence-corrected chi connectivity index (χ3v) is 3.15. The summed E-state index contributed by atoms with van der Waals surface area (Å²) in [4.78, 5) is 11.2. The SMILES string of the molecule is CC(=O)c1cnn(C2CCNCC2)c1Cl. The Balaban J connectivity index is 2.24. The molecule has 1 aromatic rings. The van der Waals surface area contributed by atoms with Gasteiger partial charge in [0, 0.05) is 0 Å². The number of piperidine rings is 1. The highest BCUT2D eigenvalue weighted by Crippen LogP contribution is 2.25. The van der Waals surface area contributed by atoms with Crippen molar-refractivity contribution in [2.45, 2.75) is 25.8 Å². The van der Waals surface area contributed by atoms with Crippen LogP contribution in [-0.4, -0.2) is 28.7 Å². The summed E-state index contributed by atoms with van der Waals surface area (Å²) in [5.74, 6) is -0.0276. The summed E-state index contributed by atoms with van der Waals surface area (Å²) >= 11 is 6.11. The smallest absolute Gasteiger partial charge is 0.164 e. The Morgan fingerprint density at radius 3 is 2.80 bits per heavy atom. The standard InChI is InChI=1S/C10H14ClN3O/c1-7(15)9-6-13-14(10(9)11)8-2-4-12-5-3-8/h6,8,12H,2-5H2,1H3. The maximum absolute atomic E-state index is 11.2. The first-order chi connectivity index (χ1) is 7.20. The molecule has 0 atom stereocenters. The molecule has 1 aromatic heterocycles. The van der Waals surface area contributed by atoms with Crippen molar-refractivity contribution in [3.8, 4) is 0 Å². The molecule has 0 saturated carbocycles. The van der Waals surface area contributed by atoms with Crippen LogP contribution in [0.25, 0.3) is 0 Å². The van der Waals surface area contributed by atoms with Crippen molar-refractivity contribution in [2.24, 2.45) is 0 Å². The summed E-state index contributed by atoms with van der Waals surface area (Å²) in [6, 6.07) is 0.326. The summed E-state index contributed by atoms with van der Waals surface area (Å²) in [7, 11) is 0. The van der Waals surface area contributed by atoms with Gasteiger partial charge in [0.05, 0.1) is 17.8 Å². The van der Waals surface area contributed by atoms with Crippen molar-refractivity contribution in [1.82, 2.24) is 15.1 Å². The van der Waals surface area contributed by atoms with Gasteiger partial charge >= 0.3 is 0 Å². The van der Waals surface area contributed by atoms with Gasteiger partial charge in [0.15, 0.2) is 5.78 Å². The van der Waals surface area contributed by atoms with Crippen molar-refractivity contribution in [1.29, 1.82) is 0 Å². The van der Waals surface area contributed by atoms with Crippen molar-refractivity contribution in [3.05, 3.63) is 16.9 Å². The largest absolute Gasteiger partial charge is 0.317 e. The van der Waals surface area contributed by atoms with E-state index in [1.54, 1.807) is 10.9 Å². The Morgan fingerprint density at radius 2 is 2.27 bits per heavy atom. The summed E-state index contributed by atoms with van der Waals surface area (Å²) in [6.07, 6.45) is 3.59. The number of hydrogen-bond donors (Lipinski definition) is 1. The van der Waals surface area contributed by atoms with E-state index in [-0.39, 0.29) is 5.78 Å². The minimum Gasteiger partial charge on any atom is -0.317 e. The Hall–Kier alpha value is -0.870. The van der Waals surface area contributed by atoms with Crippen LogP contribution in [0.3, 0.4) is 0 Å². The molecular formula is C10H14ClN3O. The third-order valence-electron chi connectivity index (χ3n) is 2.77. The van der Waals surface area contributed by atoms with E-state index in [2.05, 4.69) is 10.4 Å². The fourth-order valence-electron chi connectivity index (χ4n) is 1.89. The Kier molecular flexibility index (Phi) is 3.07. The molecule has 0 unspecified atom stereocenters. The van der Waals surface area contributed by atoms with Crippen molar-refractivity contribution < 1.29 is 4.79 Å². The number of Topliss-reactive ketones (excluding diaryl/α,β-unsaturated/α-hetero) is 1. The molecule has 2 heterocycles. The molecule has 5 heteroatoms. The van der Waals surface area contributed by atoms with Crippen LogP contribution in [0.15, 0.2) is 6.20 Å². The average Bonchev–Trinajstić information content (AvgIpc) is 2.61. The van der Waals surface area contributed by atoms with Crippen LogP contribution in [0.2, 0.25) is 5.15 Å². The zero-order valence-corrected chi connectivity index (χ0v) is 9.42. The first-order valence-electron chi connectivity index (χ1n) is 5.15. The van der Waals surface area contributed by atoms with Crippen LogP contribution in [0, 0.1) is 0 Å². The Bertz CT molecular complexity index is 369. The number of hydrogen-bond acceptors (Lipinski definition) is 3. The van der Waals surface area contributed by atoms with Gasteiger partial charge in [0.2, 0.25) is 0 Å². The molecular weight excluding hydrogens is 214 g/mol. The zero-order chi connectivity index (χ0) is 10.8. The van der Waals surface area contributed by atoms with Crippen LogP contribution >= 0.6 is 11.6 Å². The van der Waals surface area contributed by atoms with Gasteiger partial charge in [-0.1, -0.05) is 11.6 Å². The van der Waals surface area contributed by atoms with E-state index in [0.717, 1.165) is 25.9 Å². The number of aromatic nitrogens is 2. The average molecular weight is 228 g/mol. The summed E-state index contributed by atoms with van der Waals surface area (Å²) in [5.41, 5.74) is 0.523. The predicted molar refractivity (Wildman–Crippen MR) is 58.4 cm³/mol. The van der Waals surface area contributed by atoms with E-state index in [4.69, 9.17) is 11.6 Å². The fourth-order valence-corrected chi connectivity index (χ4v) is 2.25. The van der Waals surface area contributed by atoms with Gasteiger partial charge in [-0.25, -0.2) is 0 Å². The molecule has 0 aliphatic carbocycles. The maximum Gasteiger partial charge on any atom is 0.164 e. The molecule has 0 spiro atoms. The summed E-state index contributed by atoms with van der Waals surface area (Å²) in [5, 5.41) is 7.96. The van der Waals surface area contributed by atoms with Crippen molar-refractivity contribution in [3.63, 3.8) is 0 Å². The molecule has 0 aromatic carbocycles. The van der Waals surface area contributed by atoms with E-state index in [1.165, 1.54) is 6.92 Å². The molecule has 1 N–H and O–H groups in total. The zero-order valence-electron chi connectivity index (χ0n) is 8.66. The number of nitrogens with one attached hydrogen (secondary N) is 1. The molecule has 0 amide bonds. The lowest BCUT2D eigenvalue weighted by Gasteiger charge is -2.23. The Morgan fingerprint density at radius 1 is 1.60 bits per heavy atom. The second-order valence-electron chi connectivity index (χ2n) is 3.83. The van der Waals surface area contributed by atoms with Gasteiger partial charge in [-0.3, -0.25) is 9.48 Å². The maximum atomic E-state index is 11.2. The molecule has 0 bridgehead atoms. The molecule has 82 valence electrons. The molecule has 15 heavy (non-hydrogen) atoms. The van der Waals surface area contributed by atoms with Gasteiger partial charge in [-0.2, -0.15) is 5.10 Å². The van der Waals surface area contributed by atoms with E-state index >= 15 is 0 Å². The quantitative estimate of drug-likeness (QED) is 0.782. The second-order valence-corrected chi connectivity index (χ2v) is 4.19. The van der Waals surface area contributed by atoms with Crippen molar-refractivity contribution >= 4 is 17.4 Å². The highest BCUT2D eigenvalue weighted by molar-refractivity contribution is 6.32. The number of halogens is 1. The predicted octanol–water partition coefficient (Wildman–Crippen LogP) is 1.66. The lowest BCUT2D eigenvalue weighted by atomic mass is 10.1. The van der Waals surface area contributed by atoms with E-state index < -0.39 is 0 Å². The highest BCUT2D eigenvalue weighted by Gasteiger charge is 2.20. The van der Waals surface area contributed by atoms with Crippen LogP contribution in [0.5, 0.6) is 0 Å². The molecule has 0 radical (unpaired) electrons. The van der Waals surface area contributed by atoms with Gasteiger partial charge in [0.25, 0.3) is 0 Å². The van der Waals surface area contributed by atoms with Crippen LogP contribution < -0.4 is 5.32 Å². The van der Waals surface area contributed by atoms with E-state index in [1.807, 2.05) is 0 Å². The first kappa shape index (κ1) is 10.6. The lowest BCUT2D eigenvalue weighted by molar-refractivity contribution is 0.101. The van der Waals surface area contributed by atoms with Crippen LogP contribution in [0.1, 0.15) is 36.2 Å². The summed E-state index contributed by atoms with van der Waals surface area (Å²) < 4.78 is 1.78. The summed E-state index contributed by atoms with van der Waals surface area (Å²) in [6.45, 7) is 3.47.